The molecular formula is C67H128O6. The normalized spacial score (nSPS) is 12.0. The largest absolute Gasteiger partial charge is 0.462 e. The van der Waals surface area contributed by atoms with E-state index in [0.717, 1.165) is 57.8 Å². The van der Waals surface area contributed by atoms with Crippen molar-refractivity contribution in [2.24, 2.45) is 0 Å². The summed E-state index contributed by atoms with van der Waals surface area (Å²) in [5.41, 5.74) is 0. The Kier molecular flexibility index (Phi) is 61.1. The number of ether oxygens (including phenoxy) is 3. The van der Waals surface area contributed by atoms with Crippen molar-refractivity contribution < 1.29 is 28.6 Å². The van der Waals surface area contributed by atoms with Crippen LogP contribution in [0.4, 0.5) is 0 Å². The Morgan fingerprint density at radius 2 is 0.452 bits per heavy atom. The van der Waals surface area contributed by atoms with Crippen LogP contribution in [0, 0.1) is 0 Å². The van der Waals surface area contributed by atoms with Gasteiger partial charge in [0.15, 0.2) is 6.10 Å². The van der Waals surface area contributed by atoms with Gasteiger partial charge in [-0.3, -0.25) is 14.4 Å². The summed E-state index contributed by atoms with van der Waals surface area (Å²) in [6.07, 6.45) is 73.6. The maximum atomic E-state index is 12.9. The standard InChI is InChI=1S/C67H128O6/c1-4-7-10-13-16-19-22-25-28-30-32-33-35-37-40-42-45-48-51-54-57-60-66(69)72-63-64(73-67(70)61-58-55-52-49-46-43-38-27-24-21-18-15-12-9-6-3)62-71-65(68)59-56-53-50-47-44-41-39-36-34-31-29-26-23-20-17-14-11-8-5-2/h25,28,64H,4-24,26-27,29-63H2,1-3H3/b28-25-/t64-/m0/s1. The SMILES string of the molecule is CCCCCCCC/C=C\CCCCCCCCCCCCCC(=O)OC[C@H](COC(=O)CCCCCCCCCCCCCCCCCCCCC)OC(=O)CCCCCCCCCCCCCCCCC. The van der Waals surface area contributed by atoms with Gasteiger partial charge in [0.05, 0.1) is 0 Å². The van der Waals surface area contributed by atoms with Crippen molar-refractivity contribution in [1.29, 1.82) is 0 Å². The number of hydrogen-bond donors (Lipinski definition) is 0. The Balaban J connectivity index is 4.26. The zero-order valence-electron chi connectivity index (χ0n) is 49.7. The third kappa shape index (κ3) is 60.9. The van der Waals surface area contributed by atoms with Crippen molar-refractivity contribution in [2.75, 3.05) is 13.2 Å². The van der Waals surface area contributed by atoms with E-state index in [9.17, 15) is 14.4 Å². The molecule has 0 unspecified atom stereocenters. The highest BCUT2D eigenvalue weighted by atomic mass is 16.6. The Morgan fingerprint density at radius 1 is 0.260 bits per heavy atom. The number of carbonyl (C=O) groups is 3. The van der Waals surface area contributed by atoms with E-state index in [0.29, 0.717) is 19.3 Å². The number of esters is 3. The quantitative estimate of drug-likeness (QED) is 0.0261. The lowest BCUT2D eigenvalue weighted by Gasteiger charge is -2.18. The van der Waals surface area contributed by atoms with E-state index in [1.54, 1.807) is 0 Å². The number of unbranched alkanes of at least 4 members (excludes halogenated alkanes) is 49. The lowest BCUT2D eigenvalue weighted by Crippen LogP contribution is -2.30. The van der Waals surface area contributed by atoms with E-state index < -0.39 is 6.10 Å². The average molecular weight is 1030 g/mol. The third-order valence-electron chi connectivity index (χ3n) is 15.3. The van der Waals surface area contributed by atoms with Gasteiger partial charge in [-0.2, -0.15) is 0 Å². The molecule has 0 aromatic rings. The van der Waals surface area contributed by atoms with Gasteiger partial charge in [-0.05, 0) is 44.9 Å². The van der Waals surface area contributed by atoms with Crippen molar-refractivity contribution in [3.8, 4) is 0 Å². The Bertz CT molecular complexity index is 1130. The van der Waals surface area contributed by atoms with E-state index in [2.05, 4.69) is 32.9 Å². The highest BCUT2D eigenvalue weighted by Gasteiger charge is 2.19. The van der Waals surface area contributed by atoms with Crippen LogP contribution in [0.1, 0.15) is 380 Å². The molecule has 0 spiro atoms. The fourth-order valence-corrected chi connectivity index (χ4v) is 10.3. The summed E-state index contributed by atoms with van der Waals surface area (Å²) in [7, 11) is 0. The second-order valence-corrected chi connectivity index (χ2v) is 22.7. The predicted molar refractivity (Wildman–Crippen MR) is 317 cm³/mol. The molecule has 0 aliphatic heterocycles. The van der Waals surface area contributed by atoms with Crippen LogP contribution in [0.5, 0.6) is 0 Å². The van der Waals surface area contributed by atoms with Crippen molar-refractivity contribution in [3.05, 3.63) is 12.2 Å². The topological polar surface area (TPSA) is 78.9 Å². The second-order valence-electron chi connectivity index (χ2n) is 22.7. The van der Waals surface area contributed by atoms with Crippen LogP contribution in [0.3, 0.4) is 0 Å². The molecule has 6 heteroatoms. The van der Waals surface area contributed by atoms with E-state index in [1.807, 2.05) is 0 Å². The summed E-state index contributed by atoms with van der Waals surface area (Å²) in [6, 6.07) is 0. The van der Waals surface area contributed by atoms with Crippen LogP contribution < -0.4 is 0 Å². The fourth-order valence-electron chi connectivity index (χ4n) is 10.3. The number of carbonyl (C=O) groups excluding carboxylic acids is 3. The zero-order valence-corrected chi connectivity index (χ0v) is 49.7. The number of allylic oxidation sites excluding steroid dienone is 2. The summed E-state index contributed by atoms with van der Waals surface area (Å²) in [6.45, 7) is 6.72. The molecule has 432 valence electrons. The van der Waals surface area contributed by atoms with Crippen molar-refractivity contribution >= 4 is 17.9 Å². The van der Waals surface area contributed by atoms with Gasteiger partial charge in [-0.15, -0.1) is 0 Å². The highest BCUT2D eigenvalue weighted by molar-refractivity contribution is 5.71. The Labute approximate surface area is 456 Å². The van der Waals surface area contributed by atoms with Crippen LogP contribution in [0.15, 0.2) is 12.2 Å². The molecular weight excluding hydrogens is 901 g/mol. The predicted octanol–water partition coefficient (Wildman–Crippen LogP) is 22.4. The molecule has 1 atom stereocenters. The highest BCUT2D eigenvalue weighted by Crippen LogP contribution is 2.18. The molecule has 0 heterocycles. The minimum atomic E-state index is -0.765. The molecule has 0 fully saturated rings. The summed E-state index contributed by atoms with van der Waals surface area (Å²) < 4.78 is 17.0. The number of rotatable bonds is 62. The molecule has 0 radical (unpaired) electrons. The Morgan fingerprint density at radius 3 is 0.685 bits per heavy atom. The Hall–Kier alpha value is -1.85. The molecule has 6 nitrogen and oxygen atoms in total. The molecule has 0 amide bonds. The van der Waals surface area contributed by atoms with Crippen molar-refractivity contribution in [1.82, 2.24) is 0 Å². The minimum absolute atomic E-state index is 0.0630. The van der Waals surface area contributed by atoms with Gasteiger partial charge in [-0.25, -0.2) is 0 Å². The first-order valence-corrected chi connectivity index (χ1v) is 33.2. The van der Waals surface area contributed by atoms with Gasteiger partial charge in [0.25, 0.3) is 0 Å². The van der Waals surface area contributed by atoms with Crippen LogP contribution in [0.2, 0.25) is 0 Å². The molecule has 0 rings (SSSR count). The van der Waals surface area contributed by atoms with Gasteiger partial charge in [0.1, 0.15) is 13.2 Å². The fraction of sp³-hybridized carbons (Fsp3) is 0.925. The maximum Gasteiger partial charge on any atom is 0.306 e. The van der Waals surface area contributed by atoms with Gasteiger partial charge in [0.2, 0.25) is 0 Å². The molecule has 0 N–H and O–H groups in total. The lowest BCUT2D eigenvalue weighted by atomic mass is 10.0. The average Bonchev–Trinajstić information content (AvgIpc) is 3.39. The third-order valence-corrected chi connectivity index (χ3v) is 15.3. The molecule has 0 aromatic carbocycles. The van der Waals surface area contributed by atoms with Crippen molar-refractivity contribution in [3.63, 3.8) is 0 Å². The van der Waals surface area contributed by atoms with Crippen LogP contribution in [-0.2, 0) is 28.6 Å². The molecule has 0 saturated carbocycles. The van der Waals surface area contributed by atoms with Crippen LogP contribution in [0.25, 0.3) is 0 Å². The molecule has 0 saturated heterocycles. The minimum Gasteiger partial charge on any atom is -0.462 e. The summed E-state index contributed by atoms with van der Waals surface area (Å²) in [5, 5.41) is 0. The van der Waals surface area contributed by atoms with Gasteiger partial charge < -0.3 is 14.2 Å². The van der Waals surface area contributed by atoms with E-state index in [1.165, 1.54) is 283 Å². The monoisotopic (exact) mass is 1030 g/mol. The van der Waals surface area contributed by atoms with E-state index in [4.69, 9.17) is 14.2 Å². The molecule has 0 aliphatic carbocycles. The molecule has 0 aliphatic rings. The first kappa shape index (κ1) is 71.2. The number of hydrogen-bond acceptors (Lipinski definition) is 6. The van der Waals surface area contributed by atoms with Crippen LogP contribution >= 0.6 is 0 Å². The van der Waals surface area contributed by atoms with Gasteiger partial charge in [0, 0.05) is 19.3 Å². The smallest absolute Gasteiger partial charge is 0.306 e. The summed E-state index contributed by atoms with van der Waals surface area (Å²) >= 11 is 0. The zero-order chi connectivity index (χ0) is 52.9. The van der Waals surface area contributed by atoms with Gasteiger partial charge >= 0.3 is 17.9 Å². The van der Waals surface area contributed by atoms with Crippen LogP contribution in [-0.4, -0.2) is 37.2 Å². The molecule has 73 heavy (non-hydrogen) atoms. The van der Waals surface area contributed by atoms with E-state index >= 15 is 0 Å². The van der Waals surface area contributed by atoms with E-state index in [-0.39, 0.29) is 31.1 Å². The van der Waals surface area contributed by atoms with Crippen molar-refractivity contribution in [2.45, 2.75) is 386 Å². The summed E-state index contributed by atoms with van der Waals surface area (Å²) in [5.74, 6) is -0.830. The second kappa shape index (κ2) is 62.7. The lowest BCUT2D eigenvalue weighted by molar-refractivity contribution is -0.167. The molecule has 0 aromatic heterocycles. The molecule has 0 bridgehead atoms. The maximum absolute atomic E-state index is 12.9. The first-order valence-electron chi connectivity index (χ1n) is 33.2. The summed E-state index contributed by atoms with van der Waals surface area (Å²) in [4.78, 5) is 38.3. The first-order chi connectivity index (χ1) is 36.0. The van der Waals surface area contributed by atoms with Gasteiger partial charge in [-0.1, -0.05) is 328 Å².